The molecular weight excluding hydrogens is 130 g/mol. The highest BCUT2D eigenvalue weighted by atomic mass is 16.1. The van der Waals surface area contributed by atoms with E-state index < -0.39 is 0 Å². The van der Waals surface area contributed by atoms with Crippen LogP contribution in [0.3, 0.4) is 0 Å². The first kappa shape index (κ1) is 23.0. The predicted molar refractivity (Wildman–Crippen MR) is 41.8 cm³/mol. The van der Waals surface area contributed by atoms with Crippen molar-refractivity contribution in [2.75, 3.05) is 14.1 Å². The highest BCUT2D eigenvalue weighted by Crippen LogP contribution is 1.10. The number of carbonyl (C=O) groups excluding carboxylic acids is 2. The molecule has 0 bridgehead atoms. The van der Waals surface area contributed by atoms with Gasteiger partial charge in [-0.05, 0) is 0 Å². The second kappa shape index (κ2) is 42.8. The second-order valence-electron chi connectivity index (χ2n) is 0.813. The first-order valence-electron chi connectivity index (χ1n) is 2.05. The molecule has 0 saturated carbocycles. The topological polar surface area (TPSA) is 58.2 Å². The van der Waals surface area contributed by atoms with Crippen LogP contribution in [0.5, 0.6) is 0 Å². The summed E-state index contributed by atoms with van der Waals surface area (Å²) in [6.45, 7) is 0. The molecule has 0 aromatic carbocycles. The molecule has 0 aliphatic carbocycles. The van der Waals surface area contributed by atoms with Gasteiger partial charge in [0.25, 0.3) is 0 Å². The van der Waals surface area contributed by atoms with Crippen LogP contribution in [-0.2, 0) is 9.59 Å². The highest BCUT2D eigenvalue weighted by Gasteiger charge is 1.43. The molecule has 2 N–H and O–H groups in total. The molecule has 0 atom stereocenters. The van der Waals surface area contributed by atoms with Gasteiger partial charge in [-0.3, -0.25) is 9.59 Å². The van der Waals surface area contributed by atoms with Crippen molar-refractivity contribution in [3.63, 3.8) is 0 Å². The van der Waals surface area contributed by atoms with Crippen LogP contribution in [0.4, 0.5) is 0 Å². The number of carbonyl (C=O) groups is 2. The zero-order valence-corrected chi connectivity index (χ0v) is 6.13. The minimum Gasteiger partial charge on any atom is -0.362 e. The van der Waals surface area contributed by atoms with Crippen molar-refractivity contribution in [3.05, 3.63) is 0 Å². The summed E-state index contributed by atoms with van der Waals surface area (Å²) < 4.78 is 0. The lowest BCUT2D eigenvalue weighted by molar-refractivity contribution is -0.109. The van der Waals surface area contributed by atoms with E-state index in [1.165, 1.54) is 0 Å². The molecular formula is C4H10B2N2O2. The van der Waals surface area contributed by atoms with E-state index in [1.807, 2.05) is 0 Å². The van der Waals surface area contributed by atoms with Gasteiger partial charge in [-0.15, -0.1) is 0 Å². The Hall–Kier alpha value is -0.930. The zero-order chi connectivity index (χ0) is 6.83. The van der Waals surface area contributed by atoms with E-state index in [4.69, 9.17) is 9.59 Å². The number of nitrogens with one attached hydrogen (secondary N) is 2. The van der Waals surface area contributed by atoms with Crippen LogP contribution in [0.25, 0.3) is 0 Å². The van der Waals surface area contributed by atoms with Crippen molar-refractivity contribution < 1.29 is 9.59 Å². The zero-order valence-electron chi connectivity index (χ0n) is 6.13. The van der Waals surface area contributed by atoms with E-state index in [9.17, 15) is 0 Å². The molecule has 6 radical (unpaired) electrons. The molecule has 0 aliphatic rings. The summed E-state index contributed by atoms with van der Waals surface area (Å²) in [5.74, 6) is 0. The molecule has 2 amide bonds. The predicted octanol–water partition coefficient (Wildman–Crippen LogP) is -2.04. The summed E-state index contributed by atoms with van der Waals surface area (Å²) in [4.78, 5) is 18.1. The molecule has 0 heterocycles. The molecule has 54 valence electrons. The van der Waals surface area contributed by atoms with Crippen molar-refractivity contribution in [2.24, 2.45) is 0 Å². The molecule has 0 unspecified atom stereocenters. The first-order valence-corrected chi connectivity index (χ1v) is 2.05. The maximum atomic E-state index is 9.06. The van der Waals surface area contributed by atoms with Gasteiger partial charge in [0, 0.05) is 30.9 Å². The van der Waals surface area contributed by atoms with Gasteiger partial charge in [0.2, 0.25) is 12.8 Å². The first-order chi connectivity index (χ1) is 3.83. The van der Waals surface area contributed by atoms with Crippen LogP contribution in [0.15, 0.2) is 0 Å². The maximum absolute atomic E-state index is 9.06. The Kier molecular flexibility index (Phi) is 98.4. The molecule has 0 aromatic rings. The van der Waals surface area contributed by atoms with Crippen LogP contribution in [0.1, 0.15) is 0 Å². The van der Waals surface area contributed by atoms with Crippen LogP contribution < -0.4 is 10.6 Å². The monoisotopic (exact) mass is 140 g/mol. The highest BCUT2D eigenvalue weighted by molar-refractivity contribution is 5.76. The number of amides is 2. The quantitative estimate of drug-likeness (QED) is 0.343. The standard InChI is InChI=1S/2C2H5NO.2B/c2*1-3-2-4;;/h2*2H,1H3,(H,3,4);;. The Bertz CT molecular complexity index is 55.2. The van der Waals surface area contributed by atoms with Crippen LogP contribution in [-0.4, -0.2) is 43.7 Å². The molecule has 0 rings (SSSR count). The minimum atomic E-state index is 0. The molecule has 0 aliphatic heterocycles. The van der Waals surface area contributed by atoms with E-state index in [1.54, 1.807) is 14.1 Å². The van der Waals surface area contributed by atoms with E-state index in [0.29, 0.717) is 12.8 Å². The summed E-state index contributed by atoms with van der Waals surface area (Å²) in [6.07, 6.45) is 1.25. The van der Waals surface area contributed by atoms with E-state index in [-0.39, 0.29) is 16.8 Å². The lowest BCUT2D eigenvalue weighted by Crippen LogP contribution is -1.98. The fourth-order valence-corrected chi connectivity index (χ4v) is 0. The summed E-state index contributed by atoms with van der Waals surface area (Å²) in [6, 6.07) is 0. The summed E-state index contributed by atoms with van der Waals surface area (Å²) in [5.41, 5.74) is 0. The molecule has 0 saturated heterocycles. The normalized spacial score (nSPS) is 4.20. The largest absolute Gasteiger partial charge is 0.362 e. The molecule has 0 fully saturated rings. The minimum absolute atomic E-state index is 0. The Morgan fingerprint density at radius 1 is 0.900 bits per heavy atom. The van der Waals surface area contributed by atoms with Crippen LogP contribution >= 0.6 is 0 Å². The number of hydrogen-bond donors (Lipinski definition) is 2. The Balaban J connectivity index is -0.0000000300. The van der Waals surface area contributed by atoms with Crippen molar-refractivity contribution >= 4 is 29.6 Å². The maximum Gasteiger partial charge on any atom is 0.206 e. The van der Waals surface area contributed by atoms with Gasteiger partial charge in [0.1, 0.15) is 0 Å². The van der Waals surface area contributed by atoms with Gasteiger partial charge >= 0.3 is 0 Å². The van der Waals surface area contributed by atoms with Gasteiger partial charge in [0.15, 0.2) is 0 Å². The van der Waals surface area contributed by atoms with Crippen molar-refractivity contribution in [3.8, 4) is 0 Å². The Morgan fingerprint density at radius 2 is 1.00 bits per heavy atom. The third-order valence-corrected chi connectivity index (χ3v) is 0.236. The van der Waals surface area contributed by atoms with Crippen molar-refractivity contribution in [1.29, 1.82) is 0 Å². The van der Waals surface area contributed by atoms with E-state index >= 15 is 0 Å². The van der Waals surface area contributed by atoms with Gasteiger partial charge in [0.05, 0.1) is 0 Å². The Morgan fingerprint density at radius 3 is 1.00 bits per heavy atom. The van der Waals surface area contributed by atoms with Crippen LogP contribution in [0, 0.1) is 0 Å². The SMILES string of the molecule is CNC=O.CNC=O.[B].[B]. The fourth-order valence-electron chi connectivity index (χ4n) is 0. The summed E-state index contributed by atoms with van der Waals surface area (Å²) >= 11 is 0. The Labute approximate surface area is 64.9 Å². The number of hydrogen-bond acceptors (Lipinski definition) is 2. The summed E-state index contributed by atoms with van der Waals surface area (Å²) in [5, 5.41) is 4.50. The van der Waals surface area contributed by atoms with Crippen molar-refractivity contribution in [1.82, 2.24) is 10.6 Å². The lowest BCUT2D eigenvalue weighted by Gasteiger charge is -1.64. The molecule has 0 aromatic heterocycles. The fraction of sp³-hybridized carbons (Fsp3) is 0.500. The molecule has 6 heteroatoms. The van der Waals surface area contributed by atoms with Gasteiger partial charge in [-0.25, -0.2) is 0 Å². The molecule has 0 spiro atoms. The number of rotatable bonds is 2. The molecule has 4 nitrogen and oxygen atoms in total. The van der Waals surface area contributed by atoms with E-state index in [0.717, 1.165) is 0 Å². The van der Waals surface area contributed by atoms with Gasteiger partial charge < -0.3 is 10.6 Å². The summed E-state index contributed by atoms with van der Waals surface area (Å²) in [7, 11) is 3.12. The van der Waals surface area contributed by atoms with Gasteiger partial charge in [-0.2, -0.15) is 0 Å². The van der Waals surface area contributed by atoms with Gasteiger partial charge in [-0.1, -0.05) is 0 Å². The average Bonchev–Trinajstić information content (AvgIpc) is 1.88. The van der Waals surface area contributed by atoms with Crippen LogP contribution in [0.2, 0.25) is 0 Å². The van der Waals surface area contributed by atoms with E-state index in [2.05, 4.69) is 10.6 Å². The third-order valence-electron chi connectivity index (χ3n) is 0.236. The molecule has 10 heavy (non-hydrogen) atoms. The average molecular weight is 140 g/mol. The second-order valence-corrected chi connectivity index (χ2v) is 0.813. The lowest BCUT2D eigenvalue weighted by atomic mass is 10.8. The smallest absolute Gasteiger partial charge is 0.206 e. The third kappa shape index (κ3) is 228. The van der Waals surface area contributed by atoms with Crippen molar-refractivity contribution in [2.45, 2.75) is 0 Å².